The summed E-state index contributed by atoms with van der Waals surface area (Å²) < 4.78 is 0. The molecule has 0 aromatic carbocycles. The van der Waals surface area contributed by atoms with Gasteiger partial charge in [0.2, 0.25) is 0 Å². The highest BCUT2D eigenvalue weighted by Gasteiger charge is 2.18. The monoisotopic (exact) mass is 203 g/mol. The molecule has 0 spiro atoms. The quantitative estimate of drug-likeness (QED) is 0.648. The van der Waals surface area contributed by atoms with Gasteiger partial charge in [0.25, 0.3) is 0 Å². The lowest BCUT2D eigenvalue weighted by molar-refractivity contribution is 0.311. The van der Waals surface area contributed by atoms with Crippen LogP contribution in [0.4, 0.5) is 5.82 Å². The van der Waals surface area contributed by atoms with E-state index in [1.54, 1.807) is 12.3 Å². The zero-order chi connectivity index (χ0) is 10.7. The van der Waals surface area contributed by atoms with E-state index in [9.17, 15) is 0 Å². The van der Waals surface area contributed by atoms with Gasteiger partial charge in [-0.3, -0.25) is 0 Å². The van der Waals surface area contributed by atoms with Crippen LogP contribution in [0.3, 0.4) is 0 Å². The van der Waals surface area contributed by atoms with E-state index >= 15 is 0 Å². The molecule has 5 heteroatoms. The number of rotatable bonds is 1. The van der Waals surface area contributed by atoms with Crippen molar-refractivity contribution in [2.75, 3.05) is 38.1 Å². The Hall–Kier alpha value is -1.67. The SMILES string of the molecule is CN1CCN(c2nnccc2C#N)CC1. The van der Waals surface area contributed by atoms with Gasteiger partial charge in [-0.1, -0.05) is 0 Å². The summed E-state index contributed by atoms with van der Waals surface area (Å²) in [7, 11) is 2.10. The number of likely N-dealkylation sites (N-methyl/N-ethyl adjacent to an activating group) is 1. The van der Waals surface area contributed by atoms with Crippen molar-refractivity contribution in [3.05, 3.63) is 17.8 Å². The molecule has 1 aromatic heterocycles. The molecule has 0 amide bonds. The van der Waals surface area contributed by atoms with Crippen LogP contribution < -0.4 is 4.90 Å². The van der Waals surface area contributed by atoms with Gasteiger partial charge in [-0.15, -0.1) is 5.10 Å². The first-order valence-corrected chi connectivity index (χ1v) is 4.96. The Morgan fingerprint density at radius 3 is 2.73 bits per heavy atom. The van der Waals surface area contributed by atoms with Crippen LogP contribution in [0.15, 0.2) is 12.3 Å². The highest BCUT2D eigenvalue weighted by atomic mass is 15.3. The fraction of sp³-hybridized carbons (Fsp3) is 0.500. The Bertz CT molecular complexity index is 376. The molecular weight excluding hydrogens is 190 g/mol. The molecular formula is C10H13N5. The largest absolute Gasteiger partial charge is 0.351 e. The molecule has 1 fully saturated rings. The molecule has 2 heterocycles. The minimum Gasteiger partial charge on any atom is -0.351 e. The highest BCUT2D eigenvalue weighted by molar-refractivity contribution is 5.52. The number of hydrogen-bond acceptors (Lipinski definition) is 5. The Morgan fingerprint density at radius 1 is 1.33 bits per heavy atom. The Kier molecular flexibility index (Phi) is 2.79. The second-order valence-corrected chi connectivity index (χ2v) is 3.67. The number of hydrogen-bond donors (Lipinski definition) is 0. The van der Waals surface area contributed by atoms with Gasteiger partial charge in [0.15, 0.2) is 5.82 Å². The molecule has 1 saturated heterocycles. The van der Waals surface area contributed by atoms with Crippen LogP contribution in [0.5, 0.6) is 0 Å². The number of anilines is 1. The molecule has 78 valence electrons. The van der Waals surface area contributed by atoms with Crippen LogP contribution in [0, 0.1) is 11.3 Å². The summed E-state index contributed by atoms with van der Waals surface area (Å²) in [5, 5.41) is 16.8. The van der Waals surface area contributed by atoms with E-state index in [-0.39, 0.29) is 0 Å². The minimum atomic E-state index is 0.606. The molecule has 0 unspecified atom stereocenters. The van der Waals surface area contributed by atoms with Crippen molar-refractivity contribution < 1.29 is 0 Å². The molecule has 1 aliphatic rings. The second kappa shape index (κ2) is 4.24. The number of nitrogens with zero attached hydrogens (tertiary/aromatic N) is 5. The summed E-state index contributed by atoms with van der Waals surface area (Å²) in [4.78, 5) is 4.38. The minimum absolute atomic E-state index is 0.606. The van der Waals surface area contributed by atoms with Crippen LogP contribution in [-0.4, -0.2) is 48.3 Å². The average molecular weight is 203 g/mol. The van der Waals surface area contributed by atoms with Gasteiger partial charge in [0.05, 0.1) is 11.8 Å². The Balaban J connectivity index is 2.19. The van der Waals surface area contributed by atoms with Crippen LogP contribution >= 0.6 is 0 Å². The normalized spacial score (nSPS) is 17.5. The standard InChI is InChI=1S/C10H13N5/c1-14-4-6-15(7-5-14)10-9(8-11)2-3-12-13-10/h2-3H,4-7H2,1H3. The molecule has 1 aliphatic heterocycles. The molecule has 15 heavy (non-hydrogen) atoms. The van der Waals surface area contributed by atoms with Crippen molar-refractivity contribution >= 4 is 5.82 Å². The Morgan fingerprint density at radius 2 is 2.07 bits per heavy atom. The molecule has 2 rings (SSSR count). The van der Waals surface area contributed by atoms with E-state index in [2.05, 4.69) is 33.1 Å². The lowest BCUT2D eigenvalue weighted by Gasteiger charge is -2.33. The third-order valence-corrected chi connectivity index (χ3v) is 2.62. The fourth-order valence-corrected chi connectivity index (χ4v) is 1.66. The van der Waals surface area contributed by atoms with Crippen molar-refractivity contribution in [3.63, 3.8) is 0 Å². The molecule has 0 saturated carbocycles. The van der Waals surface area contributed by atoms with Crippen molar-refractivity contribution in [3.8, 4) is 6.07 Å². The van der Waals surface area contributed by atoms with E-state index in [4.69, 9.17) is 5.26 Å². The zero-order valence-electron chi connectivity index (χ0n) is 8.72. The molecule has 5 nitrogen and oxygen atoms in total. The van der Waals surface area contributed by atoms with Gasteiger partial charge in [-0.2, -0.15) is 10.4 Å². The van der Waals surface area contributed by atoms with Gasteiger partial charge >= 0.3 is 0 Å². The number of nitriles is 1. The van der Waals surface area contributed by atoms with Crippen LogP contribution in [-0.2, 0) is 0 Å². The first-order chi connectivity index (χ1) is 7.31. The lowest BCUT2D eigenvalue weighted by atomic mass is 10.2. The van der Waals surface area contributed by atoms with Crippen LogP contribution in [0.2, 0.25) is 0 Å². The van der Waals surface area contributed by atoms with Crippen molar-refractivity contribution in [2.24, 2.45) is 0 Å². The van der Waals surface area contributed by atoms with Crippen molar-refractivity contribution in [1.29, 1.82) is 5.26 Å². The maximum atomic E-state index is 8.95. The van der Waals surface area contributed by atoms with E-state index < -0.39 is 0 Å². The molecule has 0 radical (unpaired) electrons. The molecule has 0 atom stereocenters. The summed E-state index contributed by atoms with van der Waals surface area (Å²) >= 11 is 0. The number of aromatic nitrogens is 2. The molecule has 0 bridgehead atoms. The first-order valence-electron chi connectivity index (χ1n) is 4.96. The summed E-state index contributed by atoms with van der Waals surface area (Å²) in [5.74, 6) is 0.716. The third-order valence-electron chi connectivity index (χ3n) is 2.62. The predicted octanol–water partition coefficient (Wildman–Crippen LogP) is 0.100. The van der Waals surface area contributed by atoms with Gasteiger partial charge in [0, 0.05) is 26.2 Å². The molecule has 0 N–H and O–H groups in total. The van der Waals surface area contributed by atoms with Crippen molar-refractivity contribution in [2.45, 2.75) is 0 Å². The number of piperazine rings is 1. The second-order valence-electron chi connectivity index (χ2n) is 3.67. The van der Waals surface area contributed by atoms with Gasteiger partial charge in [-0.25, -0.2) is 0 Å². The zero-order valence-corrected chi connectivity index (χ0v) is 8.72. The average Bonchev–Trinajstić information content (AvgIpc) is 2.30. The van der Waals surface area contributed by atoms with Gasteiger partial charge in [-0.05, 0) is 13.1 Å². The van der Waals surface area contributed by atoms with Gasteiger partial charge in [0.1, 0.15) is 6.07 Å². The molecule has 1 aromatic rings. The Labute approximate surface area is 88.9 Å². The molecule has 0 aliphatic carbocycles. The summed E-state index contributed by atoms with van der Waals surface area (Å²) in [6.45, 7) is 3.82. The van der Waals surface area contributed by atoms with E-state index in [1.807, 2.05) is 0 Å². The van der Waals surface area contributed by atoms with E-state index in [1.165, 1.54) is 0 Å². The smallest absolute Gasteiger partial charge is 0.169 e. The highest BCUT2D eigenvalue weighted by Crippen LogP contribution is 2.16. The van der Waals surface area contributed by atoms with Gasteiger partial charge < -0.3 is 9.80 Å². The van der Waals surface area contributed by atoms with Crippen LogP contribution in [0.25, 0.3) is 0 Å². The van der Waals surface area contributed by atoms with Crippen molar-refractivity contribution in [1.82, 2.24) is 15.1 Å². The summed E-state index contributed by atoms with van der Waals surface area (Å²) in [6.07, 6.45) is 1.55. The maximum Gasteiger partial charge on any atom is 0.169 e. The lowest BCUT2D eigenvalue weighted by Crippen LogP contribution is -2.45. The van der Waals surface area contributed by atoms with E-state index in [0.717, 1.165) is 26.2 Å². The maximum absolute atomic E-state index is 8.95. The topological polar surface area (TPSA) is 56.1 Å². The first kappa shape index (κ1) is 9.87. The summed E-state index contributed by atoms with van der Waals surface area (Å²) in [5.41, 5.74) is 0.606. The summed E-state index contributed by atoms with van der Waals surface area (Å²) in [6, 6.07) is 3.86. The third kappa shape index (κ3) is 2.05. The van der Waals surface area contributed by atoms with E-state index in [0.29, 0.717) is 11.4 Å². The van der Waals surface area contributed by atoms with Crippen LogP contribution in [0.1, 0.15) is 5.56 Å². The fourth-order valence-electron chi connectivity index (χ4n) is 1.66. The predicted molar refractivity (Wildman–Crippen MR) is 56.5 cm³/mol.